The first-order valence-corrected chi connectivity index (χ1v) is 25.9. The van der Waals surface area contributed by atoms with Crippen LogP contribution in [0.4, 0.5) is 36.6 Å². The van der Waals surface area contributed by atoms with Crippen molar-refractivity contribution in [1.82, 2.24) is 9.97 Å². The number of carbonyl (C=O) groups excluding carboxylic acids is 3. The van der Waals surface area contributed by atoms with E-state index in [-0.39, 0.29) is 150 Å². The second kappa shape index (κ2) is 34.8. The molecule has 1 amide bonds. The van der Waals surface area contributed by atoms with Gasteiger partial charge in [-0.05, 0) is 101 Å². The number of ether oxygens (including phenoxy) is 5. The maximum atomic E-state index is 12.8. The van der Waals surface area contributed by atoms with Crippen molar-refractivity contribution in [3.05, 3.63) is 160 Å². The van der Waals surface area contributed by atoms with Crippen LogP contribution < -0.4 is 76.6 Å². The number of aromatic carboxylic acids is 1. The Labute approximate surface area is 567 Å². The van der Waals surface area contributed by atoms with Gasteiger partial charge in [0.15, 0.2) is 21.8 Å². The molecule has 8 rings (SSSR count). The number of methoxy groups -OCH3 is 5. The van der Waals surface area contributed by atoms with Crippen LogP contribution in [0.15, 0.2) is 89.4 Å². The number of nitrogens with zero attached hydrogens (tertiary/aromatic N) is 5. The standard InChI is InChI=1S/C16H7ClF3N3O2S.C10H8ClNO3.C9H8BrClO3.C9H6ClNO3.C8H5F3N2S.ClH.K.H2O/c17-9-3-7(6-21)13(24)10(5-9)14(25)23-15-22-11-2-1-8(16(18,19)20)4-12(11)26-15;1-14-9-6(5-12)3-7(11)4-8(9)10(13)15-2;1-13-8-6(9(12)14-2)3-5(11)4-7(8)10;1-14-8-5(4-11)2-6(10)3-7(8)9(12)13;9-8(10,11)4-1-2-5-6(3-4)14-7(12)13-5;;;/h1-5,24H,(H,22,23,25);3-4H,1-2H3;3-4H,1-2H3;2-3H,1H3,(H,12,13);1-3H,(H2,12,13);1H;;1H2/q;;;;;;+1;/p-1. The van der Waals surface area contributed by atoms with Gasteiger partial charge in [0.25, 0.3) is 5.91 Å². The fourth-order valence-corrected chi connectivity index (χ4v) is 9.84. The molecule has 0 aliphatic rings. The van der Waals surface area contributed by atoms with E-state index < -0.39 is 53.0 Å². The number of benzene rings is 6. The van der Waals surface area contributed by atoms with Crippen LogP contribution in [0.25, 0.3) is 20.4 Å². The first-order chi connectivity index (χ1) is 39.0. The van der Waals surface area contributed by atoms with Crippen LogP contribution in [0.2, 0.25) is 20.1 Å². The van der Waals surface area contributed by atoms with E-state index in [1.54, 1.807) is 12.1 Å². The number of rotatable bonds is 8. The number of carboxylic acid groups (broad SMARTS) is 1. The number of halogens is 12. The number of anilines is 2. The van der Waals surface area contributed by atoms with Crippen LogP contribution in [-0.2, 0) is 21.8 Å². The number of thiazole rings is 2. The maximum absolute atomic E-state index is 12.8. The molecule has 0 unspecified atom stereocenters. The third-order valence-electron chi connectivity index (χ3n) is 10.1. The number of nitrogens with one attached hydrogen (secondary N) is 1. The number of aromatic hydroxyl groups is 1. The molecule has 6 N–H and O–H groups in total. The molecule has 8 aromatic rings. The maximum Gasteiger partial charge on any atom is 1.00 e. The Morgan fingerprint density at radius 1 is 0.605 bits per heavy atom. The van der Waals surface area contributed by atoms with Gasteiger partial charge in [-0.25, -0.2) is 24.4 Å². The number of hydrogen-bond donors (Lipinski definition) is 4. The van der Waals surface area contributed by atoms with E-state index in [4.69, 9.17) is 87.2 Å². The zero-order valence-corrected chi connectivity index (χ0v) is 54.5. The summed E-state index contributed by atoms with van der Waals surface area (Å²) in [6.45, 7) is 0. The summed E-state index contributed by atoms with van der Waals surface area (Å²) in [5.41, 5.74) is 4.88. The molecule has 0 bridgehead atoms. The molecule has 19 nitrogen and oxygen atoms in total. The number of hydrogen-bond acceptors (Lipinski definition) is 19. The Balaban J connectivity index is 0.000000548. The van der Waals surface area contributed by atoms with Crippen molar-refractivity contribution in [2.24, 2.45) is 0 Å². The molecule has 0 atom stereocenters. The normalized spacial score (nSPS) is 10.1. The van der Waals surface area contributed by atoms with Crippen LogP contribution in [0, 0.1) is 34.0 Å². The van der Waals surface area contributed by atoms with E-state index in [1.807, 2.05) is 12.1 Å². The summed E-state index contributed by atoms with van der Waals surface area (Å²) in [5, 5.41) is 48.9. The molecule has 0 aliphatic heterocycles. The zero-order chi connectivity index (χ0) is 62.3. The van der Waals surface area contributed by atoms with E-state index in [1.165, 1.54) is 90.1 Å². The third kappa shape index (κ3) is 20.9. The van der Waals surface area contributed by atoms with Crippen LogP contribution in [0.5, 0.6) is 23.0 Å². The number of phenolic OH excluding ortho intramolecular Hbond substituents is 1. The number of nitrogen functional groups attached to an aromatic ring is 1. The minimum atomic E-state index is -4.48. The van der Waals surface area contributed by atoms with Crippen molar-refractivity contribution in [3.8, 4) is 41.2 Å². The van der Waals surface area contributed by atoms with Crippen molar-refractivity contribution >= 4 is 152 Å². The van der Waals surface area contributed by atoms with E-state index in [9.17, 15) is 50.6 Å². The predicted molar refractivity (Wildman–Crippen MR) is 309 cm³/mol. The number of esters is 2. The molecule has 0 saturated carbocycles. The van der Waals surface area contributed by atoms with Crippen molar-refractivity contribution in [2.45, 2.75) is 12.4 Å². The Morgan fingerprint density at radius 3 is 1.41 bits per heavy atom. The predicted octanol–water partition coefficient (Wildman–Crippen LogP) is 11.8. The second-order valence-electron chi connectivity index (χ2n) is 15.4. The summed E-state index contributed by atoms with van der Waals surface area (Å²) in [7, 11) is 6.69. The first kappa shape index (κ1) is 77.6. The summed E-state index contributed by atoms with van der Waals surface area (Å²) < 4.78 is 100. The van der Waals surface area contributed by atoms with Crippen molar-refractivity contribution in [2.75, 3.05) is 46.6 Å². The molecule has 0 spiro atoms. The van der Waals surface area contributed by atoms with Crippen molar-refractivity contribution < 1.29 is 136 Å². The number of nitriles is 3. The minimum Gasteiger partial charge on any atom is -0.870 e. The molecular formula is C52H36BrCl5F6KN7O12S2. The largest absolute Gasteiger partial charge is 1.00 e. The van der Waals surface area contributed by atoms with Crippen LogP contribution >= 0.6 is 97.4 Å². The number of carboxylic acids is 1. The zero-order valence-electron chi connectivity index (χ0n) is 44.3. The van der Waals surface area contributed by atoms with E-state index in [0.717, 1.165) is 46.9 Å². The average Bonchev–Trinajstić information content (AvgIpc) is 2.02. The van der Waals surface area contributed by atoms with E-state index >= 15 is 0 Å². The molecule has 448 valence electrons. The van der Waals surface area contributed by atoms with Gasteiger partial charge in [-0.1, -0.05) is 69.1 Å². The summed E-state index contributed by atoms with van der Waals surface area (Å²) in [4.78, 5) is 53.6. The van der Waals surface area contributed by atoms with Crippen LogP contribution in [0.1, 0.15) is 69.2 Å². The molecule has 6 aromatic carbocycles. The van der Waals surface area contributed by atoms with Gasteiger partial charge in [0.1, 0.15) is 46.4 Å². The molecule has 2 heterocycles. The average molecular weight is 1430 g/mol. The quantitative estimate of drug-likeness (QED) is 0.0624. The van der Waals surface area contributed by atoms with Gasteiger partial charge in [-0.3, -0.25) is 10.1 Å². The summed E-state index contributed by atoms with van der Waals surface area (Å²) in [6, 6.07) is 22.7. The molecule has 0 radical (unpaired) electrons. The number of alkyl halides is 6. The molecule has 0 fully saturated rings. The summed E-state index contributed by atoms with van der Waals surface area (Å²) >= 11 is 28.1. The molecule has 0 saturated heterocycles. The Kier molecular flexibility index (Phi) is 31.4. The number of fused-ring (bicyclic) bond motifs is 2. The van der Waals surface area contributed by atoms with Gasteiger partial charge in [0.05, 0.1) is 93.8 Å². The van der Waals surface area contributed by atoms with Gasteiger partial charge in [-0.2, -0.15) is 42.1 Å². The first-order valence-electron chi connectivity index (χ1n) is 21.9. The number of carbonyl (C=O) groups is 4. The fourth-order valence-electron chi connectivity index (χ4n) is 6.54. The topological polar surface area (TPSA) is 320 Å². The third-order valence-corrected chi connectivity index (χ3v) is 13.4. The van der Waals surface area contributed by atoms with E-state index in [0.29, 0.717) is 31.0 Å². The van der Waals surface area contributed by atoms with Crippen molar-refractivity contribution in [1.29, 1.82) is 15.8 Å². The molecular weight excluding hydrogens is 1390 g/mol. The van der Waals surface area contributed by atoms with Gasteiger partial charge in [0.2, 0.25) is 0 Å². The number of aromatic nitrogens is 2. The summed E-state index contributed by atoms with van der Waals surface area (Å²) in [6.07, 6.45) is -8.80. The van der Waals surface area contributed by atoms with Gasteiger partial charge < -0.3 is 45.1 Å². The van der Waals surface area contributed by atoms with Gasteiger partial charge >= 0.3 is 81.6 Å². The second-order valence-corrected chi connectivity index (χ2v) is 20.1. The Morgan fingerprint density at radius 2 is 0.988 bits per heavy atom. The Bertz CT molecular complexity index is 3920. The van der Waals surface area contributed by atoms with E-state index in [2.05, 4.69) is 40.7 Å². The van der Waals surface area contributed by atoms with Crippen LogP contribution in [0.3, 0.4) is 0 Å². The molecule has 2 aromatic heterocycles. The van der Waals surface area contributed by atoms with Gasteiger partial charge in [0, 0.05) is 20.1 Å². The SMILES string of the molecule is COC(=O)c1cc(Cl)cc(Br)c1OC.COC(=O)c1cc(Cl)cc(C#N)c1OC.COc1c(C#N)cc(Cl)cc1C(=O)O.Cl.N#Cc1cc(Cl)cc(C(=O)Nc2nc3ccc(C(F)(F)F)cc3s2)c1O.Nc1nc2ccc(C(F)(F)F)cc2s1.[K+].[OH-]. The van der Waals surface area contributed by atoms with Crippen molar-refractivity contribution in [3.63, 3.8) is 0 Å². The fraction of sp³-hybridized carbons (Fsp3) is 0.135. The minimum absolute atomic E-state index is 0. The molecule has 86 heavy (non-hydrogen) atoms. The molecule has 34 heteroatoms. The number of amides is 1. The molecule has 0 aliphatic carbocycles. The number of phenols is 1. The number of nitrogens with two attached hydrogens (primary N) is 1. The smallest absolute Gasteiger partial charge is 0.870 e. The monoisotopic (exact) mass is 1420 g/mol. The Hall–Kier alpha value is -6.44. The van der Waals surface area contributed by atoms with Gasteiger partial charge in [-0.15, -0.1) is 12.4 Å². The van der Waals surface area contributed by atoms with Crippen LogP contribution in [-0.4, -0.2) is 85.0 Å². The summed E-state index contributed by atoms with van der Waals surface area (Å²) in [5.74, 6) is -2.97.